The zero-order valence-electron chi connectivity index (χ0n) is 19.0. The van der Waals surface area contributed by atoms with E-state index in [1.54, 1.807) is 43.3 Å². The van der Waals surface area contributed by atoms with Crippen molar-refractivity contribution >= 4 is 35.0 Å². The summed E-state index contributed by atoms with van der Waals surface area (Å²) in [6, 6.07) is 13.9. The van der Waals surface area contributed by atoms with E-state index in [-0.39, 0.29) is 37.5 Å². The van der Waals surface area contributed by atoms with Crippen molar-refractivity contribution in [1.29, 1.82) is 0 Å². The van der Waals surface area contributed by atoms with E-state index in [4.69, 9.17) is 11.1 Å². The third-order valence-corrected chi connectivity index (χ3v) is 4.81. The zero-order valence-corrected chi connectivity index (χ0v) is 19.0. The second kappa shape index (κ2) is 13.3. The first-order valence-electron chi connectivity index (χ1n) is 10.4. The van der Waals surface area contributed by atoms with E-state index < -0.39 is 17.8 Å². The van der Waals surface area contributed by atoms with E-state index in [1.807, 2.05) is 26.0 Å². The first-order chi connectivity index (χ1) is 16.2. The molecule has 10 heteroatoms. The molecule has 2 aromatic rings. The number of carbonyl (C=O) groups excluding carboxylic acids is 4. The molecule has 2 amide bonds. The second-order valence-electron chi connectivity index (χ2n) is 7.37. The third-order valence-electron chi connectivity index (χ3n) is 4.81. The van der Waals surface area contributed by atoms with E-state index in [2.05, 4.69) is 14.4 Å². The quantitative estimate of drug-likeness (QED) is 0.270. The Bertz CT molecular complexity index is 1190. The summed E-state index contributed by atoms with van der Waals surface area (Å²) in [6.07, 6.45) is 0.345. The molecule has 0 saturated carbocycles. The Hall–Kier alpha value is -4.52. The molecular weight excluding hydrogens is 450 g/mol. The molecule has 35 heavy (non-hydrogen) atoms. The Balaban J connectivity index is 0.000000362. The fourth-order valence-corrected chi connectivity index (χ4v) is 2.87. The molecule has 0 atom stereocenters. The molecule has 0 bridgehead atoms. The highest BCUT2D eigenvalue weighted by Crippen LogP contribution is 2.13. The van der Waals surface area contributed by atoms with Gasteiger partial charge in [0.1, 0.15) is 0 Å². The van der Waals surface area contributed by atoms with Crippen LogP contribution in [0.1, 0.15) is 55.9 Å². The van der Waals surface area contributed by atoms with Gasteiger partial charge in [0.25, 0.3) is 11.8 Å². The smallest absolute Gasteiger partial charge is 0.361 e. The molecule has 1 aliphatic heterocycles. The minimum atomic E-state index is -1.07. The van der Waals surface area contributed by atoms with Crippen LogP contribution in [0, 0.1) is 13.8 Å². The van der Waals surface area contributed by atoms with Gasteiger partial charge in [0.2, 0.25) is 5.78 Å². The molecule has 10 nitrogen and oxygen atoms in total. The predicted octanol–water partition coefficient (Wildman–Crippen LogP) is 3.25. The van der Waals surface area contributed by atoms with Crippen molar-refractivity contribution in [2.45, 2.75) is 47.5 Å². The lowest BCUT2D eigenvalue weighted by molar-refractivity contribution is -0.194. The monoisotopic (exact) mass is 477 g/mol. The van der Waals surface area contributed by atoms with Gasteiger partial charge in [0.05, 0.1) is 11.1 Å². The molecule has 0 unspecified atom stereocenters. The van der Waals surface area contributed by atoms with Crippen LogP contribution in [0.25, 0.3) is 11.1 Å². The molecule has 0 aliphatic carbocycles. The van der Waals surface area contributed by atoms with Gasteiger partial charge in [-0.15, -0.1) is 5.06 Å². The molecule has 2 aromatic carbocycles. The molecular formula is C25H27N5O5. The molecule has 0 radical (unpaired) electrons. The number of carbonyl (C=O) groups is 4. The summed E-state index contributed by atoms with van der Waals surface area (Å²) in [7, 11) is 0. The number of aryl methyl sites for hydroxylation is 2. The van der Waals surface area contributed by atoms with E-state index in [9.17, 15) is 19.2 Å². The summed E-state index contributed by atoms with van der Waals surface area (Å²) in [5.41, 5.74) is 20.4. The fourth-order valence-electron chi connectivity index (χ4n) is 2.87. The molecule has 1 fully saturated rings. The lowest BCUT2D eigenvalue weighted by atomic mass is 10.0. The topological polar surface area (TPSA) is 154 Å². The summed E-state index contributed by atoms with van der Waals surface area (Å²) in [4.78, 5) is 56.4. The number of hydrogen-bond donors (Lipinski definition) is 0. The highest BCUT2D eigenvalue weighted by Gasteiger charge is 2.36. The average molecular weight is 478 g/mol. The zero-order chi connectivity index (χ0) is 25.3. The normalized spacial score (nSPS) is 11.8. The number of hydrogen-bond acceptors (Lipinski definition) is 5. The SMILES string of the molecule is C.CCC(=O)C(=[N+]=[N-])c1ccc(C)cc1.Cc1ccc(C(=[N+]=[N-])C(=O)ON2C(=O)CCC2=O)cc1. The van der Waals surface area contributed by atoms with Crippen LogP contribution < -0.4 is 0 Å². The molecule has 1 saturated heterocycles. The number of Topliss-reactive ketones (excluding diaryl/α,β-unsaturated/α-hetero) is 1. The van der Waals surface area contributed by atoms with Crippen LogP contribution >= 0.6 is 0 Å². The molecule has 182 valence electrons. The Morgan fingerprint density at radius 2 is 1.23 bits per heavy atom. The van der Waals surface area contributed by atoms with E-state index in [0.717, 1.165) is 11.1 Å². The highest BCUT2D eigenvalue weighted by atomic mass is 16.7. The number of hydroxylamine groups is 2. The van der Waals surface area contributed by atoms with Crippen LogP contribution in [0.2, 0.25) is 0 Å². The number of benzene rings is 2. The van der Waals surface area contributed by atoms with Crippen LogP contribution in [0.4, 0.5) is 0 Å². The predicted molar refractivity (Wildman–Crippen MR) is 127 cm³/mol. The lowest BCUT2D eigenvalue weighted by Crippen LogP contribution is -2.35. The molecule has 0 N–H and O–H groups in total. The van der Waals surface area contributed by atoms with Crippen LogP contribution in [0.15, 0.2) is 48.5 Å². The molecule has 1 heterocycles. The van der Waals surface area contributed by atoms with Crippen molar-refractivity contribution in [2.75, 3.05) is 0 Å². The van der Waals surface area contributed by atoms with E-state index >= 15 is 0 Å². The Kier molecular flexibility index (Phi) is 10.8. The largest absolute Gasteiger partial charge is 0.446 e. The summed E-state index contributed by atoms with van der Waals surface area (Å²) in [5, 5.41) is 0.404. The lowest BCUT2D eigenvalue weighted by Gasteiger charge is -2.10. The van der Waals surface area contributed by atoms with Crippen molar-refractivity contribution < 1.29 is 33.6 Å². The molecule has 3 rings (SSSR count). The number of ketones is 1. The Morgan fingerprint density at radius 3 is 1.60 bits per heavy atom. The summed E-state index contributed by atoms with van der Waals surface area (Å²) in [6.45, 7) is 5.56. The van der Waals surface area contributed by atoms with Crippen molar-refractivity contribution in [3.63, 3.8) is 0 Å². The van der Waals surface area contributed by atoms with E-state index in [1.165, 1.54) is 0 Å². The van der Waals surface area contributed by atoms with Crippen LogP contribution in [0.3, 0.4) is 0 Å². The van der Waals surface area contributed by atoms with Gasteiger partial charge in [-0.1, -0.05) is 49.7 Å². The minimum Gasteiger partial charge on any atom is -0.361 e. The maximum absolute atomic E-state index is 11.8. The van der Waals surface area contributed by atoms with Crippen molar-refractivity contribution in [3.05, 3.63) is 81.8 Å². The maximum atomic E-state index is 11.8. The molecule has 0 spiro atoms. The second-order valence-corrected chi connectivity index (χ2v) is 7.37. The minimum absolute atomic E-state index is 0. The number of imide groups is 1. The number of rotatable bonds is 6. The van der Waals surface area contributed by atoms with Gasteiger partial charge in [0.15, 0.2) is 0 Å². The summed E-state index contributed by atoms with van der Waals surface area (Å²) >= 11 is 0. The highest BCUT2D eigenvalue weighted by molar-refractivity contribution is 6.43. The maximum Gasteiger partial charge on any atom is 0.446 e. The van der Waals surface area contributed by atoms with Crippen LogP contribution in [0.5, 0.6) is 0 Å². The number of amides is 2. The van der Waals surface area contributed by atoms with Crippen molar-refractivity contribution in [3.8, 4) is 0 Å². The molecule has 0 aromatic heterocycles. The van der Waals surface area contributed by atoms with Crippen LogP contribution in [-0.4, -0.2) is 49.6 Å². The van der Waals surface area contributed by atoms with Crippen molar-refractivity contribution in [2.24, 2.45) is 0 Å². The number of nitrogens with zero attached hydrogens (tertiary/aromatic N) is 5. The Morgan fingerprint density at radius 1 is 0.829 bits per heavy atom. The van der Waals surface area contributed by atoms with Gasteiger partial charge in [-0.2, -0.15) is 9.58 Å². The van der Waals surface area contributed by atoms with Crippen LogP contribution in [-0.2, 0) is 24.0 Å². The first kappa shape index (κ1) is 28.5. The van der Waals surface area contributed by atoms with Gasteiger partial charge >= 0.3 is 17.4 Å². The Labute approximate surface area is 203 Å². The van der Waals surface area contributed by atoms with Crippen molar-refractivity contribution in [1.82, 2.24) is 5.06 Å². The average Bonchev–Trinajstić information content (AvgIpc) is 3.14. The summed E-state index contributed by atoms with van der Waals surface area (Å²) < 4.78 is 0. The first-order valence-corrected chi connectivity index (χ1v) is 10.4. The van der Waals surface area contributed by atoms with Gasteiger partial charge in [-0.3, -0.25) is 14.4 Å². The summed E-state index contributed by atoms with van der Waals surface area (Å²) in [5.74, 6) is -2.41. The van der Waals surface area contributed by atoms with Gasteiger partial charge in [-0.05, 0) is 38.1 Å². The van der Waals surface area contributed by atoms with Gasteiger partial charge in [-0.25, -0.2) is 4.79 Å². The third kappa shape index (κ3) is 7.50. The molecule has 1 aliphatic rings. The van der Waals surface area contributed by atoms with Gasteiger partial charge in [0, 0.05) is 19.3 Å². The fraction of sp³-hybridized carbons (Fsp3) is 0.280. The standard InChI is InChI=1S/C13H11N3O4.C11H12N2O.CH4/c1-8-2-4-9(5-3-8)12(15-14)13(19)20-16-10(17)6-7-11(16)18;1-3-10(14)11(13-12)9-6-4-8(2)5-7-9;/h2-5H,6-7H2,1H3;4-7H,3H2,1-2H3;1H4. The van der Waals surface area contributed by atoms with E-state index in [0.29, 0.717) is 22.6 Å². The van der Waals surface area contributed by atoms with Gasteiger partial charge < -0.3 is 15.9 Å².